The van der Waals surface area contributed by atoms with Gasteiger partial charge in [-0.2, -0.15) is 0 Å². The van der Waals surface area contributed by atoms with Crippen LogP contribution in [0.2, 0.25) is 0 Å². The van der Waals surface area contributed by atoms with E-state index < -0.39 is 0 Å². The van der Waals surface area contributed by atoms with E-state index in [1.54, 1.807) is 4.90 Å². The summed E-state index contributed by atoms with van der Waals surface area (Å²) in [6.07, 6.45) is 5.67. The highest BCUT2D eigenvalue weighted by Crippen LogP contribution is 2.44. The van der Waals surface area contributed by atoms with E-state index in [2.05, 4.69) is 40.8 Å². The highest BCUT2D eigenvalue weighted by atomic mass is 32.1. The topological polar surface area (TPSA) is 24.6 Å². The average Bonchev–Trinajstić information content (AvgIpc) is 3.31. The molecule has 25 heavy (non-hydrogen) atoms. The van der Waals surface area contributed by atoms with Crippen LogP contribution in [0, 0.1) is 25.7 Å². The van der Waals surface area contributed by atoms with Crippen LogP contribution in [0.4, 0.5) is 0 Å². The fourth-order valence-electron chi connectivity index (χ4n) is 5.27. The third kappa shape index (κ3) is 3.72. The molecule has 4 nitrogen and oxygen atoms in total. The fourth-order valence-corrected chi connectivity index (χ4v) is 5.60. The number of fused-ring (bicyclic) bond motifs is 2. The monoisotopic (exact) mass is 361 g/mol. The third-order valence-electron chi connectivity index (χ3n) is 6.91. The van der Waals surface area contributed by atoms with E-state index in [-0.39, 0.29) is 0 Å². The minimum absolute atomic E-state index is 0.663. The first-order valence-electron chi connectivity index (χ1n) is 10.1. The molecule has 2 saturated carbocycles. The third-order valence-corrected chi connectivity index (χ3v) is 7.29. The van der Waals surface area contributed by atoms with Crippen molar-refractivity contribution in [3.05, 3.63) is 23.5 Å². The molecule has 1 saturated heterocycles. The maximum absolute atomic E-state index is 5.73. The Morgan fingerprint density at radius 3 is 2.48 bits per heavy atom. The Bertz CT molecular complexity index is 598. The van der Waals surface area contributed by atoms with Gasteiger partial charge in [-0.25, -0.2) is 0 Å². The van der Waals surface area contributed by atoms with Gasteiger partial charge in [0.1, 0.15) is 0 Å². The molecule has 0 unspecified atom stereocenters. The van der Waals surface area contributed by atoms with Gasteiger partial charge in [0.25, 0.3) is 0 Å². The van der Waals surface area contributed by atoms with Crippen LogP contribution in [0.5, 0.6) is 0 Å². The van der Waals surface area contributed by atoms with Gasteiger partial charge < -0.3 is 19.7 Å². The van der Waals surface area contributed by atoms with Crippen LogP contribution in [-0.4, -0.2) is 53.3 Å². The molecule has 2 heterocycles. The van der Waals surface area contributed by atoms with Crippen molar-refractivity contribution in [1.82, 2.24) is 14.8 Å². The van der Waals surface area contributed by atoms with E-state index in [0.29, 0.717) is 6.04 Å². The maximum Gasteiger partial charge on any atom is 0.169 e. The van der Waals surface area contributed by atoms with E-state index in [1.165, 1.54) is 56.7 Å². The number of nitrogens with one attached hydrogen (secondary N) is 2. The van der Waals surface area contributed by atoms with E-state index in [4.69, 9.17) is 12.2 Å². The smallest absolute Gasteiger partial charge is 0.169 e. The largest absolute Gasteiger partial charge is 0.360 e. The van der Waals surface area contributed by atoms with Gasteiger partial charge >= 0.3 is 0 Å². The molecule has 3 aliphatic rings. The number of rotatable bonds is 4. The number of aryl methyl sites for hydroxylation is 2. The van der Waals surface area contributed by atoms with Crippen molar-refractivity contribution >= 4 is 17.3 Å². The molecule has 0 aromatic carbocycles. The molecule has 0 radical (unpaired) electrons. The molecule has 4 rings (SSSR count). The van der Waals surface area contributed by atoms with Crippen LogP contribution in [0.1, 0.15) is 37.1 Å². The number of hydrogen-bond acceptors (Lipinski definition) is 1. The second kappa shape index (κ2) is 7.28. The molecule has 3 atom stereocenters. The predicted molar refractivity (Wildman–Crippen MR) is 106 cm³/mol. The molecule has 1 aliphatic heterocycles. The zero-order valence-corrected chi connectivity index (χ0v) is 16.6. The first-order chi connectivity index (χ1) is 12.1. The molecule has 1 aromatic heterocycles. The zero-order valence-electron chi connectivity index (χ0n) is 15.8. The molecule has 1 aromatic rings. The predicted octanol–water partition coefficient (Wildman–Crippen LogP) is 1.37. The summed E-state index contributed by atoms with van der Waals surface area (Å²) in [5, 5.41) is 4.73. The lowest BCUT2D eigenvalue weighted by Gasteiger charge is -2.36. The fraction of sp³-hybridized carbons (Fsp3) is 0.750. The van der Waals surface area contributed by atoms with Crippen LogP contribution in [-0.2, 0) is 6.54 Å². The Morgan fingerprint density at radius 1 is 1.16 bits per heavy atom. The second-order valence-corrected chi connectivity index (χ2v) is 8.87. The Morgan fingerprint density at radius 2 is 1.88 bits per heavy atom. The van der Waals surface area contributed by atoms with Crippen LogP contribution >= 0.6 is 12.2 Å². The molecule has 2 bridgehead atoms. The van der Waals surface area contributed by atoms with E-state index in [9.17, 15) is 0 Å². The average molecular weight is 362 g/mol. The first-order valence-corrected chi connectivity index (χ1v) is 10.5. The molecule has 138 valence electrons. The van der Waals surface area contributed by atoms with Gasteiger partial charge in [-0.05, 0) is 69.3 Å². The Hall–Kier alpha value is -1.07. The van der Waals surface area contributed by atoms with Gasteiger partial charge in [-0.15, -0.1) is 0 Å². The van der Waals surface area contributed by atoms with Crippen molar-refractivity contribution in [2.45, 2.75) is 52.1 Å². The van der Waals surface area contributed by atoms with E-state index in [0.717, 1.165) is 36.6 Å². The summed E-state index contributed by atoms with van der Waals surface area (Å²) in [5.74, 6) is 1.87. The van der Waals surface area contributed by atoms with Gasteiger partial charge in [0, 0.05) is 17.4 Å². The maximum atomic E-state index is 5.73. The Labute approximate surface area is 157 Å². The Balaban J connectivity index is 1.21. The number of nitrogens with zero attached hydrogens (tertiary/aromatic N) is 2. The van der Waals surface area contributed by atoms with Gasteiger partial charge in [0.15, 0.2) is 5.11 Å². The minimum atomic E-state index is 0.663. The Kier molecular flexibility index (Phi) is 5.05. The minimum Gasteiger partial charge on any atom is -0.360 e. The van der Waals surface area contributed by atoms with E-state index >= 15 is 0 Å². The lowest BCUT2D eigenvalue weighted by Crippen LogP contribution is -3.15. The lowest BCUT2D eigenvalue weighted by molar-refractivity contribution is -0.904. The van der Waals surface area contributed by atoms with Crippen LogP contribution in [0.25, 0.3) is 0 Å². The quantitative estimate of drug-likeness (QED) is 0.793. The van der Waals surface area contributed by atoms with Crippen LogP contribution in [0.15, 0.2) is 12.1 Å². The van der Waals surface area contributed by atoms with Crippen LogP contribution < -0.4 is 10.2 Å². The van der Waals surface area contributed by atoms with Crippen molar-refractivity contribution in [2.75, 3.05) is 32.7 Å². The van der Waals surface area contributed by atoms with Gasteiger partial charge in [-0.1, -0.05) is 6.42 Å². The number of aromatic nitrogens is 1. The zero-order chi connectivity index (χ0) is 17.4. The SMILES string of the molecule is Cc1ccc(C)n1CC[NH+]1CCN(C(=S)N[C@H]2C[C@@H]3CC[C@@H]2C3)CC1. The molecule has 2 N–H and O–H groups in total. The summed E-state index contributed by atoms with van der Waals surface area (Å²) in [7, 11) is 0. The highest BCUT2D eigenvalue weighted by Gasteiger charge is 2.40. The van der Waals surface area contributed by atoms with Crippen molar-refractivity contribution in [1.29, 1.82) is 0 Å². The first kappa shape index (κ1) is 17.3. The summed E-state index contributed by atoms with van der Waals surface area (Å²) in [4.78, 5) is 4.13. The number of thiocarbonyl (C=S) groups is 1. The van der Waals surface area contributed by atoms with Gasteiger partial charge in [0.2, 0.25) is 0 Å². The standard InChI is InChI=1S/C20H32N4S/c1-15-3-4-16(2)24(15)12-9-22-7-10-23(11-8-22)20(25)21-19-14-17-5-6-18(19)13-17/h3-4,17-19H,5-14H2,1-2H3,(H,21,25)/p+1/t17-,18-,19+/m1/s1. The number of quaternary nitrogens is 1. The number of hydrogen-bond donors (Lipinski definition) is 2. The molecule has 0 amide bonds. The molecular formula is C20H33N4S+. The summed E-state index contributed by atoms with van der Waals surface area (Å²) >= 11 is 5.73. The van der Waals surface area contributed by atoms with Crippen molar-refractivity contribution in [2.24, 2.45) is 11.8 Å². The molecule has 3 fully saturated rings. The molecule has 5 heteroatoms. The van der Waals surface area contributed by atoms with Crippen molar-refractivity contribution in [3.8, 4) is 0 Å². The lowest BCUT2D eigenvalue weighted by atomic mass is 9.95. The summed E-state index contributed by atoms with van der Waals surface area (Å²) in [6, 6.07) is 5.11. The van der Waals surface area contributed by atoms with Gasteiger partial charge in [-0.3, -0.25) is 0 Å². The summed E-state index contributed by atoms with van der Waals surface area (Å²) in [5.41, 5.74) is 2.76. The van der Waals surface area contributed by atoms with Crippen LogP contribution in [0.3, 0.4) is 0 Å². The van der Waals surface area contributed by atoms with Crippen molar-refractivity contribution in [3.63, 3.8) is 0 Å². The molecular weight excluding hydrogens is 328 g/mol. The second-order valence-electron chi connectivity index (χ2n) is 8.49. The van der Waals surface area contributed by atoms with E-state index in [1.807, 2.05) is 0 Å². The molecule has 0 spiro atoms. The molecule has 2 aliphatic carbocycles. The van der Waals surface area contributed by atoms with Gasteiger partial charge in [0.05, 0.1) is 39.3 Å². The summed E-state index contributed by atoms with van der Waals surface area (Å²) in [6.45, 7) is 11.4. The number of piperazine rings is 1. The normalized spacial score (nSPS) is 29.4. The van der Waals surface area contributed by atoms with Crippen molar-refractivity contribution < 1.29 is 4.90 Å². The highest BCUT2D eigenvalue weighted by molar-refractivity contribution is 7.80. The summed E-state index contributed by atoms with van der Waals surface area (Å²) < 4.78 is 2.45.